The maximum absolute atomic E-state index is 5.89. The Morgan fingerprint density at radius 2 is 2.25 bits per heavy atom. The number of morpholine rings is 1. The Bertz CT molecular complexity index is 482. The van der Waals surface area contributed by atoms with E-state index in [1.54, 1.807) is 0 Å². The summed E-state index contributed by atoms with van der Waals surface area (Å²) < 4.78 is 5.89. The number of nitrogens with one attached hydrogen (secondary N) is 1. The summed E-state index contributed by atoms with van der Waals surface area (Å²) in [6, 6.07) is 0. The van der Waals surface area contributed by atoms with E-state index in [9.17, 15) is 0 Å². The third kappa shape index (κ3) is 2.77. The van der Waals surface area contributed by atoms with Gasteiger partial charge < -0.3 is 10.1 Å². The van der Waals surface area contributed by atoms with Crippen molar-refractivity contribution in [2.75, 3.05) is 38.1 Å². The van der Waals surface area contributed by atoms with Gasteiger partial charge in [-0.3, -0.25) is 4.90 Å². The molecule has 3 rings (SSSR count). The molecule has 1 fully saturated rings. The number of nitrogens with zero attached hydrogens (tertiary/aromatic N) is 3. The molecule has 110 valence electrons. The molecule has 1 unspecified atom stereocenters. The van der Waals surface area contributed by atoms with Gasteiger partial charge >= 0.3 is 0 Å². The molecule has 0 radical (unpaired) electrons. The van der Waals surface area contributed by atoms with Gasteiger partial charge in [-0.05, 0) is 13.5 Å². The van der Waals surface area contributed by atoms with Crippen LogP contribution in [0.5, 0.6) is 0 Å². The van der Waals surface area contributed by atoms with E-state index >= 15 is 0 Å². The first kappa shape index (κ1) is 14.1. The van der Waals surface area contributed by atoms with E-state index in [2.05, 4.69) is 24.1 Å². The summed E-state index contributed by atoms with van der Waals surface area (Å²) in [6.07, 6.45) is 0.0111. The number of ether oxygens (including phenoxy) is 1. The van der Waals surface area contributed by atoms with Crippen molar-refractivity contribution < 1.29 is 4.74 Å². The van der Waals surface area contributed by atoms with Crippen molar-refractivity contribution in [3.8, 4) is 0 Å². The molecule has 0 spiro atoms. The van der Waals surface area contributed by atoms with Gasteiger partial charge in [0, 0.05) is 36.7 Å². The standard InChI is InChI=1S/C14H22N4OS/c1-3-15-13-10-8-20-9-11(10)16-14(17-13)12-7-18(4-2)5-6-19-12/h12H,3-9H2,1-2H3,(H,15,16,17). The molecule has 1 aromatic heterocycles. The summed E-state index contributed by atoms with van der Waals surface area (Å²) in [5, 5.41) is 3.38. The summed E-state index contributed by atoms with van der Waals surface area (Å²) in [5.74, 6) is 3.87. The second kappa shape index (κ2) is 6.28. The van der Waals surface area contributed by atoms with Gasteiger partial charge in [0.05, 0.1) is 12.3 Å². The van der Waals surface area contributed by atoms with Crippen molar-refractivity contribution in [3.63, 3.8) is 0 Å². The van der Waals surface area contributed by atoms with Gasteiger partial charge in [-0.1, -0.05) is 6.92 Å². The molecule has 1 saturated heterocycles. The molecule has 2 aliphatic rings. The smallest absolute Gasteiger partial charge is 0.161 e. The fourth-order valence-electron chi connectivity index (χ4n) is 2.67. The van der Waals surface area contributed by atoms with E-state index in [0.717, 1.165) is 55.9 Å². The van der Waals surface area contributed by atoms with E-state index in [1.807, 2.05) is 11.8 Å². The molecular weight excluding hydrogens is 272 g/mol. The number of aromatic nitrogens is 2. The Morgan fingerprint density at radius 3 is 3.05 bits per heavy atom. The van der Waals surface area contributed by atoms with Crippen LogP contribution in [-0.4, -0.2) is 47.7 Å². The third-order valence-corrected chi connectivity index (χ3v) is 4.80. The van der Waals surface area contributed by atoms with Crippen LogP contribution in [0.4, 0.5) is 5.82 Å². The van der Waals surface area contributed by atoms with E-state index in [-0.39, 0.29) is 6.10 Å². The predicted octanol–water partition coefficient (Wildman–Crippen LogP) is 2.05. The normalized spacial score (nSPS) is 22.8. The summed E-state index contributed by atoms with van der Waals surface area (Å²) in [7, 11) is 0. The van der Waals surface area contributed by atoms with Crippen LogP contribution in [-0.2, 0) is 16.2 Å². The Morgan fingerprint density at radius 1 is 1.35 bits per heavy atom. The van der Waals surface area contributed by atoms with Crippen LogP contribution in [0.25, 0.3) is 0 Å². The van der Waals surface area contributed by atoms with Gasteiger partial charge in [-0.15, -0.1) is 0 Å². The highest BCUT2D eigenvalue weighted by Gasteiger charge is 2.27. The zero-order valence-electron chi connectivity index (χ0n) is 12.2. The number of hydrogen-bond acceptors (Lipinski definition) is 6. The molecule has 0 aromatic carbocycles. The third-order valence-electron chi connectivity index (χ3n) is 3.83. The van der Waals surface area contributed by atoms with Gasteiger partial charge in [-0.2, -0.15) is 11.8 Å². The van der Waals surface area contributed by atoms with Crippen LogP contribution in [0.1, 0.15) is 37.0 Å². The number of thioether (sulfide) groups is 1. The Balaban J connectivity index is 1.87. The zero-order chi connectivity index (χ0) is 13.9. The minimum Gasteiger partial charge on any atom is -0.370 e. The summed E-state index contributed by atoms with van der Waals surface area (Å²) >= 11 is 1.91. The summed E-state index contributed by atoms with van der Waals surface area (Å²) in [6.45, 7) is 8.91. The van der Waals surface area contributed by atoms with Crippen LogP contribution in [0.3, 0.4) is 0 Å². The lowest BCUT2D eigenvalue weighted by molar-refractivity contribution is -0.0325. The lowest BCUT2D eigenvalue weighted by atomic mass is 10.2. The van der Waals surface area contributed by atoms with Crippen LogP contribution < -0.4 is 5.32 Å². The van der Waals surface area contributed by atoms with Gasteiger partial charge in [-0.25, -0.2) is 9.97 Å². The molecule has 1 N–H and O–H groups in total. The monoisotopic (exact) mass is 294 g/mol. The van der Waals surface area contributed by atoms with Crippen molar-refractivity contribution in [2.24, 2.45) is 0 Å². The minimum absolute atomic E-state index is 0.0111. The summed E-state index contributed by atoms with van der Waals surface area (Å²) in [5.41, 5.74) is 2.47. The van der Waals surface area contributed by atoms with Crippen LogP contribution in [0.2, 0.25) is 0 Å². The van der Waals surface area contributed by atoms with Gasteiger partial charge in [0.15, 0.2) is 5.82 Å². The number of likely N-dealkylation sites (N-methyl/N-ethyl adjacent to an activating group) is 1. The Labute approximate surface area is 124 Å². The fraction of sp³-hybridized carbons (Fsp3) is 0.714. The van der Waals surface area contributed by atoms with Crippen molar-refractivity contribution in [3.05, 3.63) is 17.1 Å². The molecule has 20 heavy (non-hydrogen) atoms. The van der Waals surface area contributed by atoms with E-state index in [0.29, 0.717) is 0 Å². The Hall–Kier alpha value is -0.850. The summed E-state index contributed by atoms with van der Waals surface area (Å²) in [4.78, 5) is 11.9. The van der Waals surface area contributed by atoms with Crippen molar-refractivity contribution in [2.45, 2.75) is 31.5 Å². The second-order valence-electron chi connectivity index (χ2n) is 5.13. The molecular formula is C14H22N4OS. The maximum Gasteiger partial charge on any atom is 0.161 e. The van der Waals surface area contributed by atoms with Crippen LogP contribution in [0, 0.1) is 0 Å². The average Bonchev–Trinajstić information content (AvgIpc) is 2.96. The van der Waals surface area contributed by atoms with E-state index in [1.165, 1.54) is 11.3 Å². The first-order valence-electron chi connectivity index (χ1n) is 7.37. The number of rotatable bonds is 4. The molecule has 1 atom stereocenters. The highest BCUT2D eigenvalue weighted by atomic mass is 32.2. The molecule has 0 amide bonds. The van der Waals surface area contributed by atoms with Gasteiger partial charge in [0.1, 0.15) is 11.9 Å². The first-order valence-corrected chi connectivity index (χ1v) is 8.52. The molecule has 2 aliphatic heterocycles. The molecule has 3 heterocycles. The molecule has 1 aromatic rings. The predicted molar refractivity (Wildman–Crippen MR) is 82.0 cm³/mol. The number of hydrogen-bond donors (Lipinski definition) is 1. The van der Waals surface area contributed by atoms with E-state index in [4.69, 9.17) is 14.7 Å². The maximum atomic E-state index is 5.89. The zero-order valence-corrected chi connectivity index (χ0v) is 13.0. The van der Waals surface area contributed by atoms with Crippen LogP contribution >= 0.6 is 11.8 Å². The van der Waals surface area contributed by atoms with Gasteiger partial charge in [0.25, 0.3) is 0 Å². The Kier molecular flexibility index (Phi) is 4.43. The highest BCUT2D eigenvalue weighted by Crippen LogP contribution is 2.34. The number of anilines is 1. The first-order chi connectivity index (χ1) is 9.81. The lowest BCUT2D eigenvalue weighted by Crippen LogP contribution is -2.38. The second-order valence-corrected chi connectivity index (χ2v) is 6.12. The molecule has 6 heteroatoms. The molecule has 0 bridgehead atoms. The quantitative estimate of drug-likeness (QED) is 0.917. The molecule has 5 nitrogen and oxygen atoms in total. The lowest BCUT2D eigenvalue weighted by Gasteiger charge is -2.31. The fourth-order valence-corrected chi connectivity index (χ4v) is 3.72. The van der Waals surface area contributed by atoms with Crippen molar-refractivity contribution >= 4 is 17.6 Å². The van der Waals surface area contributed by atoms with E-state index < -0.39 is 0 Å². The topological polar surface area (TPSA) is 50.3 Å². The average molecular weight is 294 g/mol. The molecule has 0 aliphatic carbocycles. The molecule has 0 saturated carbocycles. The van der Waals surface area contributed by atoms with Gasteiger partial charge in [0.2, 0.25) is 0 Å². The minimum atomic E-state index is 0.0111. The van der Waals surface area contributed by atoms with Crippen molar-refractivity contribution in [1.29, 1.82) is 0 Å². The number of fused-ring (bicyclic) bond motifs is 1. The highest BCUT2D eigenvalue weighted by molar-refractivity contribution is 7.98. The largest absolute Gasteiger partial charge is 0.370 e. The SMILES string of the molecule is CCNc1nc(C2CN(CC)CCO2)nc2c1CSC2. The van der Waals surface area contributed by atoms with Crippen molar-refractivity contribution in [1.82, 2.24) is 14.9 Å². The van der Waals surface area contributed by atoms with Crippen LogP contribution in [0.15, 0.2) is 0 Å².